The van der Waals surface area contributed by atoms with Gasteiger partial charge in [0.1, 0.15) is 12.2 Å². The maximum absolute atomic E-state index is 13.2. The van der Waals surface area contributed by atoms with E-state index >= 15 is 0 Å². The van der Waals surface area contributed by atoms with Crippen LogP contribution in [0.3, 0.4) is 0 Å². The summed E-state index contributed by atoms with van der Waals surface area (Å²) in [7, 11) is 0. The number of anilines is 2. The lowest BCUT2D eigenvalue weighted by molar-refractivity contribution is -0.139. The Morgan fingerprint density at radius 1 is 1.18 bits per heavy atom. The Morgan fingerprint density at radius 2 is 1.88 bits per heavy atom. The van der Waals surface area contributed by atoms with Crippen LogP contribution in [-0.4, -0.2) is 55.0 Å². The SMILES string of the molecule is CC(COCc1nc(C2CCN(c3ncc(C(F)(F)F)cn3)C(C)(C)C2)no1)Nc1cn[nH]c(=O)c1C(F)(F)F. The molecule has 0 radical (unpaired) electrons. The fraction of sp³-hybridized carbons (Fsp3) is 0.565. The maximum Gasteiger partial charge on any atom is 0.423 e. The van der Waals surface area contributed by atoms with E-state index in [1.165, 1.54) is 0 Å². The molecule has 0 amide bonds. The molecule has 1 aliphatic heterocycles. The van der Waals surface area contributed by atoms with E-state index in [-0.39, 0.29) is 31.0 Å². The van der Waals surface area contributed by atoms with Crippen LogP contribution in [0.15, 0.2) is 27.9 Å². The van der Waals surface area contributed by atoms with Crippen molar-refractivity contribution in [2.75, 3.05) is 23.4 Å². The van der Waals surface area contributed by atoms with E-state index in [0.717, 1.165) is 18.6 Å². The fourth-order valence-corrected chi connectivity index (χ4v) is 4.51. The third-order valence-electron chi connectivity index (χ3n) is 6.37. The minimum Gasteiger partial charge on any atom is -0.378 e. The molecule has 0 aromatic carbocycles. The standard InChI is InChI=1S/C23H26F6N8O3/c1-12(33-15-9-32-35-19(38)17(15)23(27,28)29)10-39-11-16-34-18(36-40-16)13-4-5-37(21(2,3)6-13)20-30-7-14(8-31-20)22(24,25)26/h7-9,12-13H,4-6,10-11H2,1-3H3,(H2,33,35,38). The smallest absolute Gasteiger partial charge is 0.378 e. The molecule has 17 heteroatoms. The van der Waals surface area contributed by atoms with E-state index in [1.54, 1.807) is 12.0 Å². The van der Waals surface area contributed by atoms with Crippen molar-refractivity contribution in [2.45, 2.75) is 70.1 Å². The molecule has 2 atom stereocenters. The highest BCUT2D eigenvalue weighted by Crippen LogP contribution is 2.38. The molecule has 0 aliphatic carbocycles. The first-order valence-corrected chi connectivity index (χ1v) is 12.1. The molecule has 1 fully saturated rings. The number of alkyl halides is 6. The Labute approximate surface area is 223 Å². The number of nitrogens with zero attached hydrogens (tertiary/aromatic N) is 6. The number of piperidine rings is 1. The Bertz CT molecular complexity index is 1360. The third-order valence-corrected chi connectivity index (χ3v) is 6.37. The van der Waals surface area contributed by atoms with E-state index in [4.69, 9.17) is 9.26 Å². The van der Waals surface area contributed by atoms with Crippen LogP contribution in [-0.2, 0) is 23.7 Å². The van der Waals surface area contributed by atoms with Crippen molar-refractivity contribution >= 4 is 11.6 Å². The highest BCUT2D eigenvalue weighted by atomic mass is 19.4. The summed E-state index contributed by atoms with van der Waals surface area (Å²) in [5.41, 5.74) is -4.65. The number of aromatic amines is 1. The minimum atomic E-state index is -4.87. The number of aromatic nitrogens is 6. The van der Waals surface area contributed by atoms with Crippen LogP contribution in [0.5, 0.6) is 0 Å². The summed E-state index contributed by atoms with van der Waals surface area (Å²) in [5, 5.41) is 11.8. The lowest BCUT2D eigenvalue weighted by Crippen LogP contribution is -2.50. The molecule has 1 aliphatic rings. The molecular weight excluding hydrogens is 550 g/mol. The first-order chi connectivity index (χ1) is 18.6. The van der Waals surface area contributed by atoms with Crippen LogP contribution in [0.2, 0.25) is 0 Å². The second kappa shape index (κ2) is 11.0. The highest BCUT2D eigenvalue weighted by Gasteiger charge is 2.40. The molecule has 11 nitrogen and oxygen atoms in total. The summed E-state index contributed by atoms with van der Waals surface area (Å²) in [5.74, 6) is 0.695. The van der Waals surface area contributed by atoms with Crippen molar-refractivity contribution in [1.29, 1.82) is 0 Å². The van der Waals surface area contributed by atoms with E-state index in [2.05, 4.69) is 30.5 Å². The van der Waals surface area contributed by atoms with Crippen LogP contribution in [0.25, 0.3) is 0 Å². The molecule has 0 saturated carbocycles. The molecule has 0 spiro atoms. The molecule has 2 unspecified atom stereocenters. The zero-order chi connectivity index (χ0) is 29.3. The molecule has 4 heterocycles. The molecule has 0 bridgehead atoms. The molecule has 218 valence electrons. The van der Waals surface area contributed by atoms with Gasteiger partial charge in [-0.25, -0.2) is 15.1 Å². The number of hydrogen-bond acceptors (Lipinski definition) is 10. The number of rotatable bonds is 8. The predicted octanol–water partition coefficient (Wildman–Crippen LogP) is 4.16. The summed E-state index contributed by atoms with van der Waals surface area (Å²) in [6, 6.07) is -0.621. The minimum absolute atomic E-state index is 0.0413. The van der Waals surface area contributed by atoms with Gasteiger partial charge in [0.25, 0.3) is 11.4 Å². The number of nitrogens with one attached hydrogen (secondary N) is 2. The average molecular weight is 577 g/mol. The molecule has 1 saturated heterocycles. The molecule has 40 heavy (non-hydrogen) atoms. The molecular formula is C23H26F6N8O3. The van der Waals surface area contributed by atoms with Gasteiger partial charge in [-0.3, -0.25) is 4.79 Å². The van der Waals surface area contributed by atoms with E-state index < -0.39 is 46.3 Å². The van der Waals surface area contributed by atoms with Gasteiger partial charge in [-0.15, -0.1) is 0 Å². The van der Waals surface area contributed by atoms with Gasteiger partial charge in [-0.05, 0) is 33.6 Å². The van der Waals surface area contributed by atoms with Gasteiger partial charge in [0.05, 0.1) is 24.1 Å². The zero-order valence-electron chi connectivity index (χ0n) is 21.6. The van der Waals surface area contributed by atoms with Crippen molar-refractivity contribution in [1.82, 2.24) is 30.3 Å². The monoisotopic (exact) mass is 576 g/mol. The second-order valence-electron chi connectivity index (χ2n) is 10.0. The molecule has 3 aromatic heterocycles. The topological polar surface area (TPSA) is 135 Å². The van der Waals surface area contributed by atoms with Gasteiger partial charge in [0.2, 0.25) is 5.95 Å². The second-order valence-corrected chi connectivity index (χ2v) is 10.0. The predicted molar refractivity (Wildman–Crippen MR) is 127 cm³/mol. The lowest BCUT2D eigenvalue weighted by Gasteiger charge is -2.45. The normalized spacial score (nSPS) is 18.5. The summed E-state index contributed by atoms with van der Waals surface area (Å²) in [6.45, 7) is 5.71. The molecule has 3 aromatic rings. The van der Waals surface area contributed by atoms with Crippen molar-refractivity contribution in [3.05, 3.63) is 51.8 Å². The first kappa shape index (κ1) is 29.2. The van der Waals surface area contributed by atoms with Crippen LogP contribution < -0.4 is 15.8 Å². The Kier molecular flexibility index (Phi) is 8.05. The van der Waals surface area contributed by atoms with Gasteiger partial charge in [-0.1, -0.05) is 5.16 Å². The van der Waals surface area contributed by atoms with Crippen molar-refractivity contribution < 1.29 is 35.6 Å². The third kappa shape index (κ3) is 6.68. The van der Waals surface area contributed by atoms with E-state index in [0.29, 0.717) is 25.2 Å². The Morgan fingerprint density at radius 3 is 2.50 bits per heavy atom. The average Bonchev–Trinajstić information content (AvgIpc) is 3.31. The van der Waals surface area contributed by atoms with Crippen molar-refractivity contribution in [3.63, 3.8) is 0 Å². The number of H-pyrrole nitrogens is 1. The summed E-state index contributed by atoms with van der Waals surface area (Å²) < 4.78 is 88.9. The molecule has 2 N–H and O–H groups in total. The van der Waals surface area contributed by atoms with Crippen LogP contribution in [0.1, 0.15) is 62.4 Å². The van der Waals surface area contributed by atoms with Gasteiger partial charge in [0.15, 0.2) is 5.82 Å². The lowest BCUT2D eigenvalue weighted by atomic mass is 9.82. The first-order valence-electron chi connectivity index (χ1n) is 12.1. The summed E-state index contributed by atoms with van der Waals surface area (Å²) in [6.07, 6.45) is -5.87. The van der Waals surface area contributed by atoms with Gasteiger partial charge < -0.3 is 19.5 Å². The Balaban J connectivity index is 1.31. The Hall–Kier alpha value is -3.76. The van der Waals surface area contributed by atoms with Crippen LogP contribution in [0, 0.1) is 0 Å². The largest absolute Gasteiger partial charge is 0.423 e. The van der Waals surface area contributed by atoms with E-state index in [9.17, 15) is 31.1 Å². The summed E-state index contributed by atoms with van der Waals surface area (Å²) >= 11 is 0. The quantitative estimate of drug-likeness (QED) is 0.377. The van der Waals surface area contributed by atoms with Crippen molar-refractivity contribution in [3.8, 4) is 0 Å². The maximum atomic E-state index is 13.2. The van der Waals surface area contributed by atoms with Crippen molar-refractivity contribution in [2.24, 2.45) is 0 Å². The van der Waals surface area contributed by atoms with Crippen LogP contribution in [0.4, 0.5) is 38.0 Å². The number of ether oxygens (including phenoxy) is 1. The highest BCUT2D eigenvalue weighted by molar-refractivity contribution is 5.50. The number of hydrogen-bond donors (Lipinski definition) is 2. The van der Waals surface area contributed by atoms with E-state index in [1.807, 2.05) is 18.7 Å². The fourth-order valence-electron chi connectivity index (χ4n) is 4.51. The molecule has 4 rings (SSSR count). The van der Waals surface area contributed by atoms with Gasteiger partial charge >= 0.3 is 12.4 Å². The van der Waals surface area contributed by atoms with Gasteiger partial charge in [-0.2, -0.15) is 36.4 Å². The summed E-state index contributed by atoms with van der Waals surface area (Å²) in [4.78, 5) is 25.6. The number of halogens is 6. The zero-order valence-corrected chi connectivity index (χ0v) is 21.6. The van der Waals surface area contributed by atoms with Crippen LogP contribution >= 0.6 is 0 Å². The van der Waals surface area contributed by atoms with Gasteiger partial charge in [0, 0.05) is 36.4 Å².